The summed E-state index contributed by atoms with van der Waals surface area (Å²) in [6, 6.07) is -0.611. The van der Waals surface area contributed by atoms with Crippen LogP contribution in [-0.2, 0) is 0 Å². The fraction of sp³-hybridized carbons (Fsp3) is 1.00. The molecule has 6 heteroatoms. The van der Waals surface area contributed by atoms with Crippen molar-refractivity contribution in [2.45, 2.75) is 63.1 Å². The molecule has 0 spiro atoms. The molecule has 0 radical (unpaired) electrons. The maximum absolute atomic E-state index is 9.94. The first kappa shape index (κ1) is 16.8. The highest BCUT2D eigenvalue weighted by atomic mass is 16.4. The molecule has 6 nitrogen and oxygen atoms in total. The molecule has 114 valence electrons. The summed E-state index contributed by atoms with van der Waals surface area (Å²) in [4.78, 5) is 0. The van der Waals surface area contributed by atoms with Crippen molar-refractivity contribution in [3.8, 4) is 0 Å². The van der Waals surface area contributed by atoms with Gasteiger partial charge in [0.2, 0.25) is 0 Å². The van der Waals surface area contributed by atoms with E-state index in [0.29, 0.717) is 6.54 Å². The van der Waals surface area contributed by atoms with Gasteiger partial charge < -0.3 is 30.8 Å². The largest absolute Gasteiger partial charge is 0.396 e. The lowest BCUT2D eigenvalue weighted by atomic mass is 9.77. The predicted molar refractivity (Wildman–Crippen MR) is 70.5 cm³/mol. The molecule has 0 aromatic rings. The smallest absolute Gasteiger partial charge is 0.110 e. The number of aliphatic hydroxyl groups is 5. The topological polar surface area (TPSA) is 113 Å². The summed E-state index contributed by atoms with van der Waals surface area (Å²) < 4.78 is 0. The van der Waals surface area contributed by atoms with E-state index >= 15 is 0 Å². The lowest BCUT2D eigenvalue weighted by Gasteiger charge is -2.44. The summed E-state index contributed by atoms with van der Waals surface area (Å²) >= 11 is 0. The van der Waals surface area contributed by atoms with Crippen molar-refractivity contribution in [2.24, 2.45) is 5.92 Å². The number of rotatable bonds is 7. The van der Waals surface area contributed by atoms with Gasteiger partial charge in [-0.1, -0.05) is 26.2 Å². The third kappa shape index (κ3) is 4.11. The van der Waals surface area contributed by atoms with Crippen molar-refractivity contribution < 1.29 is 25.5 Å². The average molecular weight is 277 g/mol. The van der Waals surface area contributed by atoms with Crippen molar-refractivity contribution in [3.63, 3.8) is 0 Å². The number of aliphatic hydroxyl groups excluding tert-OH is 5. The number of hydrogen-bond donors (Lipinski definition) is 6. The van der Waals surface area contributed by atoms with Gasteiger partial charge in [0, 0.05) is 12.0 Å². The van der Waals surface area contributed by atoms with Gasteiger partial charge in [-0.05, 0) is 13.0 Å². The van der Waals surface area contributed by atoms with Crippen LogP contribution in [0.1, 0.15) is 32.6 Å². The third-order valence-corrected chi connectivity index (χ3v) is 3.94. The van der Waals surface area contributed by atoms with Crippen LogP contribution in [-0.4, -0.2) is 69.1 Å². The zero-order valence-corrected chi connectivity index (χ0v) is 11.4. The standard InChI is InChI=1S/C13H27NO5/c1-2-3-4-5-6-14-9-8(7-15)10(16)12(18)13(19)11(9)17/h8-19H,2-7H2,1H3/t8-,9-,10+,11+,12-,13-/m0/s1. The lowest BCUT2D eigenvalue weighted by Crippen LogP contribution is -2.65. The Morgan fingerprint density at radius 3 is 2.05 bits per heavy atom. The lowest BCUT2D eigenvalue weighted by molar-refractivity contribution is -0.176. The molecule has 0 bridgehead atoms. The Bertz CT molecular complexity index is 253. The van der Waals surface area contributed by atoms with Gasteiger partial charge in [0.15, 0.2) is 0 Å². The molecular formula is C13H27NO5. The van der Waals surface area contributed by atoms with Crippen LogP contribution in [0.25, 0.3) is 0 Å². The molecule has 0 heterocycles. The predicted octanol–water partition coefficient (Wildman–Crippen LogP) is -1.41. The van der Waals surface area contributed by atoms with E-state index in [1.165, 1.54) is 0 Å². The third-order valence-electron chi connectivity index (χ3n) is 3.94. The average Bonchev–Trinajstić information content (AvgIpc) is 2.41. The van der Waals surface area contributed by atoms with E-state index in [1.807, 2.05) is 0 Å². The summed E-state index contributed by atoms with van der Waals surface area (Å²) in [5, 5.41) is 51.4. The van der Waals surface area contributed by atoms with Crippen LogP contribution in [0.3, 0.4) is 0 Å². The van der Waals surface area contributed by atoms with Crippen LogP contribution < -0.4 is 5.32 Å². The van der Waals surface area contributed by atoms with E-state index in [4.69, 9.17) is 0 Å². The van der Waals surface area contributed by atoms with Crippen LogP contribution in [0.5, 0.6) is 0 Å². The molecule has 0 unspecified atom stereocenters. The Morgan fingerprint density at radius 2 is 1.47 bits per heavy atom. The van der Waals surface area contributed by atoms with Crippen LogP contribution >= 0.6 is 0 Å². The molecule has 0 aliphatic heterocycles. The van der Waals surface area contributed by atoms with Crippen LogP contribution in [0, 0.1) is 5.92 Å². The Hall–Kier alpha value is -0.240. The van der Waals surface area contributed by atoms with Crippen LogP contribution in [0.2, 0.25) is 0 Å². The van der Waals surface area contributed by atoms with E-state index < -0.39 is 36.4 Å². The minimum atomic E-state index is -1.43. The van der Waals surface area contributed by atoms with E-state index in [0.717, 1.165) is 25.7 Å². The maximum Gasteiger partial charge on any atom is 0.110 e. The van der Waals surface area contributed by atoms with Gasteiger partial charge in [-0.25, -0.2) is 0 Å². The molecular weight excluding hydrogens is 250 g/mol. The van der Waals surface area contributed by atoms with Gasteiger partial charge in [0.1, 0.15) is 12.2 Å². The number of nitrogens with one attached hydrogen (secondary N) is 1. The van der Waals surface area contributed by atoms with E-state index in [2.05, 4.69) is 12.2 Å². The highest BCUT2D eigenvalue weighted by Crippen LogP contribution is 2.26. The summed E-state index contributed by atoms with van der Waals surface area (Å²) in [7, 11) is 0. The van der Waals surface area contributed by atoms with E-state index in [9.17, 15) is 25.5 Å². The highest BCUT2D eigenvalue weighted by Gasteiger charge is 2.48. The minimum absolute atomic E-state index is 0.353. The molecule has 0 aromatic carbocycles. The Morgan fingerprint density at radius 1 is 0.842 bits per heavy atom. The van der Waals surface area contributed by atoms with Gasteiger partial charge in [-0.2, -0.15) is 0 Å². The SMILES string of the molecule is CCCCCCN[C@@H]1[C@@H](O)[C@H](O)[C@@H](O)[C@H](O)[C@H]1CO. The fourth-order valence-corrected chi connectivity index (χ4v) is 2.65. The second-order valence-corrected chi connectivity index (χ2v) is 5.35. The van der Waals surface area contributed by atoms with Crippen molar-refractivity contribution in [2.75, 3.05) is 13.2 Å². The molecule has 6 N–H and O–H groups in total. The quantitative estimate of drug-likeness (QED) is 0.319. The van der Waals surface area contributed by atoms with Crippen molar-refractivity contribution in [3.05, 3.63) is 0 Å². The monoisotopic (exact) mass is 277 g/mol. The normalized spacial score (nSPS) is 39.5. The van der Waals surface area contributed by atoms with Gasteiger partial charge in [0.25, 0.3) is 0 Å². The molecule has 1 saturated carbocycles. The Kier molecular flexibility index (Phi) is 7.20. The van der Waals surface area contributed by atoms with Crippen LogP contribution in [0.4, 0.5) is 0 Å². The van der Waals surface area contributed by atoms with Crippen LogP contribution in [0.15, 0.2) is 0 Å². The molecule has 1 aliphatic carbocycles. The molecule has 1 fully saturated rings. The zero-order valence-electron chi connectivity index (χ0n) is 11.4. The molecule has 1 rings (SSSR count). The van der Waals surface area contributed by atoms with Gasteiger partial charge in [-0.3, -0.25) is 0 Å². The van der Waals surface area contributed by atoms with Crippen molar-refractivity contribution >= 4 is 0 Å². The van der Waals surface area contributed by atoms with E-state index in [-0.39, 0.29) is 6.61 Å². The molecule has 19 heavy (non-hydrogen) atoms. The van der Waals surface area contributed by atoms with Gasteiger partial charge in [-0.15, -0.1) is 0 Å². The first-order valence-corrected chi connectivity index (χ1v) is 7.11. The summed E-state index contributed by atoms with van der Waals surface area (Å²) in [5.41, 5.74) is 0. The summed E-state index contributed by atoms with van der Waals surface area (Å²) in [6.45, 7) is 2.41. The maximum atomic E-state index is 9.94. The summed E-state index contributed by atoms with van der Waals surface area (Å²) in [6.07, 6.45) is -0.972. The molecule has 6 atom stereocenters. The second kappa shape index (κ2) is 8.14. The van der Waals surface area contributed by atoms with Crippen molar-refractivity contribution in [1.29, 1.82) is 0 Å². The first-order valence-electron chi connectivity index (χ1n) is 7.11. The first-order chi connectivity index (χ1) is 9.04. The molecule has 1 aliphatic rings. The number of hydrogen-bond acceptors (Lipinski definition) is 6. The fourth-order valence-electron chi connectivity index (χ4n) is 2.65. The van der Waals surface area contributed by atoms with Gasteiger partial charge in [0.05, 0.1) is 18.8 Å². The Labute approximate surface area is 114 Å². The summed E-state index contributed by atoms with van der Waals surface area (Å²) in [5.74, 6) is -0.681. The van der Waals surface area contributed by atoms with Gasteiger partial charge >= 0.3 is 0 Å². The molecule has 0 saturated heterocycles. The molecule has 0 aromatic heterocycles. The second-order valence-electron chi connectivity index (χ2n) is 5.35. The number of unbranched alkanes of at least 4 members (excludes halogenated alkanes) is 3. The molecule has 0 amide bonds. The Balaban J connectivity index is 2.52. The zero-order chi connectivity index (χ0) is 14.4. The highest BCUT2D eigenvalue weighted by molar-refractivity contribution is 5.01. The van der Waals surface area contributed by atoms with Crippen molar-refractivity contribution in [1.82, 2.24) is 5.32 Å². The van der Waals surface area contributed by atoms with E-state index in [1.54, 1.807) is 0 Å². The minimum Gasteiger partial charge on any atom is -0.396 e.